The smallest absolute Gasteiger partial charge is 0.287 e. The number of hydrogen-bond acceptors (Lipinski definition) is 2. The van der Waals surface area contributed by atoms with Gasteiger partial charge in [0, 0.05) is 12.1 Å². The number of nitrogens with zero attached hydrogens (tertiary/aromatic N) is 1. The van der Waals surface area contributed by atoms with Crippen molar-refractivity contribution in [3.63, 3.8) is 0 Å². The van der Waals surface area contributed by atoms with Gasteiger partial charge in [0.05, 0.1) is 0 Å². The van der Waals surface area contributed by atoms with E-state index in [1.165, 1.54) is 6.42 Å². The summed E-state index contributed by atoms with van der Waals surface area (Å²) in [7, 11) is 0. The quantitative estimate of drug-likeness (QED) is 0.426. The topological polar surface area (TPSA) is 37.4 Å². The van der Waals surface area contributed by atoms with Crippen molar-refractivity contribution in [3.8, 4) is 0 Å². The summed E-state index contributed by atoms with van der Waals surface area (Å²) < 4.78 is 0. The highest BCUT2D eigenvalue weighted by Crippen LogP contribution is 2.34. The van der Waals surface area contributed by atoms with Crippen LogP contribution in [-0.4, -0.2) is 29.2 Å². The highest BCUT2D eigenvalue weighted by molar-refractivity contribution is 6.23. The minimum atomic E-state index is -0.304. The number of carbonyl (C=O) groups is 2. The Hall–Kier alpha value is -0.860. The molecule has 0 saturated carbocycles. The lowest BCUT2D eigenvalue weighted by atomic mass is 10.0. The van der Waals surface area contributed by atoms with Crippen molar-refractivity contribution in [1.82, 2.24) is 4.90 Å². The second-order valence-corrected chi connectivity index (χ2v) is 3.68. The summed E-state index contributed by atoms with van der Waals surface area (Å²) in [6, 6.07) is 0.753. The lowest BCUT2D eigenvalue weighted by Gasteiger charge is -2.33. The number of fused-ring (bicyclic) bond motifs is 2. The van der Waals surface area contributed by atoms with Crippen LogP contribution in [0.5, 0.6) is 0 Å². The van der Waals surface area contributed by atoms with Gasteiger partial charge in [0.1, 0.15) is 0 Å². The van der Waals surface area contributed by atoms with E-state index in [1.54, 1.807) is 4.90 Å². The molecule has 3 heteroatoms. The molecule has 0 N–H and O–H groups in total. The first-order chi connectivity index (χ1) is 5.83. The molecular formula is C9H13NO2. The van der Waals surface area contributed by atoms with Crippen molar-refractivity contribution in [2.75, 3.05) is 0 Å². The maximum Gasteiger partial charge on any atom is 0.287 e. The Balaban J connectivity index is 2.15. The number of carbonyl (C=O) groups excluding carboxylic acids is 2. The molecule has 2 saturated heterocycles. The molecule has 2 atom stereocenters. The van der Waals surface area contributed by atoms with Crippen LogP contribution in [0, 0.1) is 0 Å². The van der Waals surface area contributed by atoms with Crippen molar-refractivity contribution in [1.29, 1.82) is 0 Å². The fraction of sp³-hybridized carbons (Fsp3) is 0.778. The largest absolute Gasteiger partial charge is 0.330 e. The van der Waals surface area contributed by atoms with Gasteiger partial charge in [-0.3, -0.25) is 9.59 Å². The van der Waals surface area contributed by atoms with Gasteiger partial charge < -0.3 is 4.90 Å². The zero-order valence-corrected chi connectivity index (χ0v) is 7.03. The molecule has 2 aliphatic rings. The molecule has 0 aromatic heterocycles. The third kappa shape index (κ3) is 1.04. The summed E-state index contributed by atoms with van der Waals surface area (Å²) in [5.74, 6) is -0.304. The number of amides is 1. The lowest BCUT2D eigenvalue weighted by molar-refractivity contribution is -0.142. The molecule has 2 aliphatic heterocycles. The summed E-state index contributed by atoms with van der Waals surface area (Å²) >= 11 is 0. The van der Waals surface area contributed by atoms with Crippen LogP contribution in [0.2, 0.25) is 0 Å². The van der Waals surface area contributed by atoms with Crippen molar-refractivity contribution >= 4 is 12.2 Å². The van der Waals surface area contributed by atoms with E-state index in [0.717, 1.165) is 25.7 Å². The number of rotatable bonds is 1. The van der Waals surface area contributed by atoms with Gasteiger partial charge in [0.15, 0.2) is 0 Å². The second kappa shape index (κ2) is 2.88. The molecule has 2 rings (SSSR count). The van der Waals surface area contributed by atoms with E-state index >= 15 is 0 Å². The molecule has 0 spiro atoms. The fourth-order valence-corrected chi connectivity index (χ4v) is 2.54. The SMILES string of the molecule is O=CC(=O)N1C2CCCC1CC2. The Morgan fingerprint density at radius 1 is 1.17 bits per heavy atom. The Morgan fingerprint density at radius 2 is 1.75 bits per heavy atom. The molecule has 0 aliphatic carbocycles. The molecular weight excluding hydrogens is 154 g/mol. The first-order valence-electron chi connectivity index (χ1n) is 4.60. The molecule has 1 amide bonds. The van der Waals surface area contributed by atoms with Crippen molar-refractivity contribution in [2.24, 2.45) is 0 Å². The van der Waals surface area contributed by atoms with E-state index in [-0.39, 0.29) is 5.91 Å². The monoisotopic (exact) mass is 167 g/mol. The standard InChI is InChI=1S/C9H13NO2/c11-6-9(12)10-7-2-1-3-8(10)5-4-7/h6-8H,1-5H2. The van der Waals surface area contributed by atoms with Crippen molar-refractivity contribution in [3.05, 3.63) is 0 Å². The number of aldehydes is 1. The van der Waals surface area contributed by atoms with E-state index in [4.69, 9.17) is 0 Å². The molecule has 0 radical (unpaired) electrons. The predicted octanol–water partition coefficient (Wildman–Crippen LogP) is 0.729. The molecule has 0 aromatic rings. The van der Waals surface area contributed by atoms with Crippen molar-refractivity contribution in [2.45, 2.75) is 44.2 Å². The average Bonchev–Trinajstić information content (AvgIpc) is 2.35. The molecule has 2 bridgehead atoms. The zero-order chi connectivity index (χ0) is 8.55. The zero-order valence-electron chi connectivity index (χ0n) is 7.03. The van der Waals surface area contributed by atoms with E-state index in [1.807, 2.05) is 0 Å². The van der Waals surface area contributed by atoms with Crippen LogP contribution in [0.1, 0.15) is 32.1 Å². The third-order valence-corrected chi connectivity index (χ3v) is 3.05. The van der Waals surface area contributed by atoms with Gasteiger partial charge in [-0.05, 0) is 32.1 Å². The number of hydrogen-bond donors (Lipinski definition) is 0. The highest BCUT2D eigenvalue weighted by Gasteiger charge is 2.38. The molecule has 3 nitrogen and oxygen atoms in total. The molecule has 2 fully saturated rings. The summed E-state index contributed by atoms with van der Waals surface area (Å²) in [6.07, 6.45) is 6.06. The van der Waals surface area contributed by atoms with Crippen LogP contribution in [0.4, 0.5) is 0 Å². The molecule has 2 unspecified atom stereocenters. The minimum Gasteiger partial charge on any atom is -0.330 e. The molecule has 66 valence electrons. The first kappa shape index (κ1) is 7.77. The van der Waals surface area contributed by atoms with Crippen LogP contribution in [-0.2, 0) is 9.59 Å². The Bertz CT molecular complexity index is 199. The van der Waals surface area contributed by atoms with Gasteiger partial charge >= 0.3 is 0 Å². The van der Waals surface area contributed by atoms with Gasteiger partial charge in [-0.15, -0.1) is 0 Å². The van der Waals surface area contributed by atoms with Crippen LogP contribution in [0.3, 0.4) is 0 Å². The predicted molar refractivity (Wildman–Crippen MR) is 43.6 cm³/mol. The third-order valence-electron chi connectivity index (χ3n) is 3.05. The van der Waals surface area contributed by atoms with Gasteiger partial charge in [0.25, 0.3) is 5.91 Å². The Morgan fingerprint density at radius 3 is 2.25 bits per heavy atom. The lowest BCUT2D eigenvalue weighted by Crippen LogP contribution is -2.44. The fourth-order valence-electron chi connectivity index (χ4n) is 2.54. The van der Waals surface area contributed by atoms with Gasteiger partial charge in [0.2, 0.25) is 6.29 Å². The molecule has 2 heterocycles. The molecule has 12 heavy (non-hydrogen) atoms. The highest BCUT2D eigenvalue weighted by atomic mass is 16.2. The summed E-state index contributed by atoms with van der Waals surface area (Å²) in [5, 5.41) is 0. The minimum absolute atomic E-state index is 0.304. The van der Waals surface area contributed by atoms with Crippen molar-refractivity contribution < 1.29 is 9.59 Å². The average molecular weight is 167 g/mol. The summed E-state index contributed by atoms with van der Waals surface area (Å²) in [4.78, 5) is 23.3. The van der Waals surface area contributed by atoms with Crippen LogP contribution in [0.15, 0.2) is 0 Å². The maximum absolute atomic E-state index is 11.2. The van der Waals surface area contributed by atoms with Crippen LogP contribution >= 0.6 is 0 Å². The van der Waals surface area contributed by atoms with E-state index in [0.29, 0.717) is 18.4 Å². The van der Waals surface area contributed by atoms with Gasteiger partial charge in [-0.25, -0.2) is 0 Å². The van der Waals surface area contributed by atoms with E-state index in [9.17, 15) is 9.59 Å². The van der Waals surface area contributed by atoms with E-state index < -0.39 is 0 Å². The van der Waals surface area contributed by atoms with E-state index in [2.05, 4.69) is 0 Å². The summed E-state index contributed by atoms with van der Waals surface area (Å²) in [6.45, 7) is 0. The number of piperidine rings is 1. The second-order valence-electron chi connectivity index (χ2n) is 3.68. The normalized spacial score (nSPS) is 33.5. The van der Waals surface area contributed by atoms with Crippen LogP contribution in [0.25, 0.3) is 0 Å². The Labute approximate surface area is 71.7 Å². The summed E-state index contributed by atoms with van der Waals surface area (Å²) in [5.41, 5.74) is 0. The van der Waals surface area contributed by atoms with Gasteiger partial charge in [-0.2, -0.15) is 0 Å². The maximum atomic E-state index is 11.2. The first-order valence-corrected chi connectivity index (χ1v) is 4.60. The molecule has 0 aromatic carbocycles. The van der Waals surface area contributed by atoms with Crippen LogP contribution < -0.4 is 0 Å². The van der Waals surface area contributed by atoms with Gasteiger partial charge in [-0.1, -0.05) is 0 Å². The Kier molecular flexibility index (Phi) is 1.87.